The molecule has 0 saturated carbocycles. The Labute approximate surface area is 118 Å². The Kier molecular flexibility index (Phi) is 4.11. The normalized spacial score (nSPS) is 22.2. The third kappa shape index (κ3) is 3.07. The summed E-state index contributed by atoms with van der Waals surface area (Å²) in [5, 5.41) is 2.89. The van der Waals surface area contributed by atoms with E-state index in [0.717, 1.165) is 38.4 Å². The van der Waals surface area contributed by atoms with E-state index in [4.69, 9.17) is 4.74 Å². The van der Waals surface area contributed by atoms with Gasteiger partial charge in [-0.15, -0.1) is 0 Å². The SMILES string of the molecule is O=C(NCC1CCCO1)c1cc(N2CCCC2)ncn1. The first kappa shape index (κ1) is 13.3. The summed E-state index contributed by atoms with van der Waals surface area (Å²) in [5.41, 5.74) is 0.430. The van der Waals surface area contributed by atoms with Gasteiger partial charge in [-0.1, -0.05) is 0 Å². The van der Waals surface area contributed by atoms with Crippen LogP contribution in [0.2, 0.25) is 0 Å². The van der Waals surface area contributed by atoms with Gasteiger partial charge in [0, 0.05) is 32.3 Å². The fraction of sp³-hybridized carbons (Fsp3) is 0.643. The number of amides is 1. The largest absolute Gasteiger partial charge is 0.376 e. The van der Waals surface area contributed by atoms with Crippen LogP contribution in [0.4, 0.5) is 5.82 Å². The van der Waals surface area contributed by atoms with Crippen LogP contribution in [-0.2, 0) is 4.74 Å². The van der Waals surface area contributed by atoms with Crippen LogP contribution in [0.5, 0.6) is 0 Å². The Morgan fingerprint density at radius 3 is 2.95 bits per heavy atom. The van der Waals surface area contributed by atoms with E-state index in [1.165, 1.54) is 19.2 Å². The van der Waals surface area contributed by atoms with Crippen molar-refractivity contribution in [1.29, 1.82) is 0 Å². The van der Waals surface area contributed by atoms with Gasteiger partial charge in [0.2, 0.25) is 0 Å². The predicted octanol–water partition coefficient (Wildman–Crippen LogP) is 0.986. The van der Waals surface area contributed by atoms with Crippen molar-refractivity contribution in [3.63, 3.8) is 0 Å². The summed E-state index contributed by atoms with van der Waals surface area (Å²) >= 11 is 0. The van der Waals surface area contributed by atoms with Crippen molar-refractivity contribution in [3.05, 3.63) is 18.1 Å². The highest BCUT2D eigenvalue weighted by Crippen LogP contribution is 2.17. The van der Waals surface area contributed by atoms with E-state index in [1.807, 2.05) is 0 Å². The zero-order chi connectivity index (χ0) is 13.8. The highest BCUT2D eigenvalue weighted by molar-refractivity contribution is 5.92. The molecule has 1 N–H and O–H groups in total. The Morgan fingerprint density at radius 2 is 2.20 bits per heavy atom. The summed E-state index contributed by atoms with van der Waals surface area (Å²) in [7, 11) is 0. The van der Waals surface area contributed by atoms with E-state index >= 15 is 0 Å². The Bertz CT molecular complexity index is 468. The van der Waals surface area contributed by atoms with Crippen molar-refractivity contribution >= 4 is 11.7 Å². The average Bonchev–Trinajstić information content (AvgIpc) is 3.18. The molecule has 6 heteroatoms. The number of carbonyl (C=O) groups excluding carboxylic acids is 1. The van der Waals surface area contributed by atoms with Crippen molar-refractivity contribution in [2.45, 2.75) is 31.8 Å². The van der Waals surface area contributed by atoms with Gasteiger partial charge in [0.05, 0.1) is 6.10 Å². The molecule has 0 aromatic carbocycles. The molecule has 1 atom stereocenters. The second-order valence-corrected chi connectivity index (χ2v) is 5.30. The molecule has 2 saturated heterocycles. The van der Waals surface area contributed by atoms with E-state index < -0.39 is 0 Å². The molecule has 0 spiro atoms. The third-order valence-electron chi connectivity index (χ3n) is 3.83. The van der Waals surface area contributed by atoms with Crippen molar-refractivity contribution in [2.24, 2.45) is 0 Å². The van der Waals surface area contributed by atoms with E-state index in [9.17, 15) is 4.79 Å². The topological polar surface area (TPSA) is 67.3 Å². The number of hydrogen-bond acceptors (Lipinski definition) is 5. The summed E-state index contributed by atoms with van der Waals surface area (Å²) in [4.78, 5) is 22.6. The van der Waals surface area contributed by atoms with E-state index in [2.05, 4.69) is 20.2 Å². The molecular weight excluding hydrogens is 256 g/mol. The monoisotopic (exact) mass is 276 g/mol. The molecule has 2 aliphatic heterocycles. The molecule has 2 aliphatic rings. The van der Waals surface area contributed by atoms with Crippen molar-refractivity contribution in [3.8, 4) is 0 Å². The fourth-order valence-electron chi connectivity index (χ4n) is 2.69. The van der Waals surface area contributed by atoms with Crippen LogP contribution in [0.15, 0.2) is 12.4 Å². The van der Waals surface area contributed by atoms with Gasteiger partial charge in [-0.2, -0.15) is 0 Å². The Morgan fingerprint density at radius 1 is 1.35 bits per heavy atom. The van der Waals surface area contributed by atoms with Crippen LogP contribution in [0.25, 0.3) is 0 Å². The first-order valence-corrected chi connectivity index (χ1v) is 7.30. The lowest BCUT2D eigenvalue weighted by Gasteiger charge is -2.16. The molecule has 108 valence electrons. The van der Waals surface area contributed by atoms with Gasteiger partial charge >= 0.3 is 0 Å². The molecule has 0 aliphatic carbocycles. The summed E-state index contributed by atoms with van der Waals surface area (Å²) < 4.78 is 5.49. The number of nitrogens with zero attached hydrogens (tertiary/aromatic N) is 3. The minimum atomic E-state index is -0.150. The van der Waals surface area contributed by atoms with Crippen LogP contribution in [-0.4, -0.2) is 48.2 Å². The van der Waals surface area contributed by atoms with Gasteiger partial charge < -0.3 is 15.0 Å². The molecule has 2 fully saturated rings. The second kappa shape index (κ2) is 6.17. The summed E-state index contributed by atoms with van der Waals surface area (Å²) in [6, 6.07) is 1.77. The number of rotatable bonds is 4. The molecule has 20 heavy (non-hydrogen) atoms. The zero-order valence-electron chi connectivity index (χ0n) is 11.5. The highest BCUT2D eigenvalue weighted by Gasteiger charge is 2.19. The second-order valence-electron chi connectivity index (χ2n) is 5.30. The first-order chi connectivity index (χ1) is 9.83. The van der Waals surface area contributed by atoms with E-state index in [1.54, 1.807) is 6.07 Å². The number of nitrogens with one attached hydrogen (secondary N) is 1. The minimum Gasteiger partial charge on any atom is -0.376 e. The molecule has 6 nitrogen and oxygen atoms in total. The van der Waals surface area contributed by atoms with Gasteiger partial charge in [-0.3, -0.25) is 4.79 Å². The van der Waals surface area contributed by atoms with Crippen LogP contribution in [0.3, 0.4) is 0 Å². The van der Waals surface area contributed by atoms with Crippen LogP contribution in [0, 0.1) is 0 Å². The maximum absolute atomic E-state index is 12.1. The van der Waals surface area contributed by atoms with Gasteiger partial charge in [-0.05, 0) is 25.7 Å². The molecule has 3 heterocycles. The quantitative estimate of drug-likeness (QED) is 0.888. The number of hydrogen-bond donors (Lipinski definition) is 1. The van der Waals surface area contributed by atoms with Crippen LogP contribution in [0.1, 0.15) is 36.2 Å². The third-order valence-corrected chi connectivity index (χ3v) is 3.83. The summed E-state index contributed by atoms with van der Waals surface area (Å²) in [6.45, 7) is 3.37. The van der Waals surface area contributed by atoms with Gasteiger partial charge in [0.15, 0.2) is 0 Å². The molecular formula is C14H20N4O2. The molecule has 0 bridgehead atoms. The molecule has 1 amide bonds. The van der Waals surface area contributed by atoms with Gasteiger partial charge in [0.25, 0.3) is 5.91 Å². The number of anilines is 1. The maximum Gasteiger partial charge on any atom is 0.270 e. The molecule has 0 radical (unpaired) electrons. The smallest absolute Gasteiger partial charge is 0.270 e. The number of aromatic nitrogens is 2. The van der Waals surface area contributed by atoms with E-state index in [0.29, 0.717) is 12.2 Å². The lowest BCUT2D eigenvalue weighted by Crippen LogP contribution is -2.32. The van der Waals surface area contributed by atoms with Crippen molar-refractivity contribution in [1.82, 2.24) is 15.3 Å². The van der Waals surface area contributed by atoms with Gasteiger partial charge in [0.1, 0.15) is 17.8 Å². The van der Waals surface area contributed by atoms with Gasteiger partial charge in [-0.25, -0.2) is 9.97 Å². The molecule has 1 aromatic heterocycles. The average molecular weight is 276 g/mol. The first-order valence-electron chi connectivity index (χ1n) is 7.30. The van der Waals surface area contributed by atoms with Crippen LogP contribution >= 0.6 is 0 Å². The maximum atomic E-state index is 12.1. The predicted molar refractivity (Wildman–Crippen MR) is 74.8 cm³/mol. The number of carbonyl (C=O) groups is 1. The zero-order valence-corrected chi connectivity index (χ0v) is 11.5. The minimum absolute atomic E-state index is 0.150. The van der Waals surface area contributed by atoms with E-state index in [-0.39, 0.29) is 12.0 Å². The van der Waals surface area contributed by atoms with Crippen LogP contribution < -0.4 is 10.2 Å². The Balaban J connectivity index is 1.60. The summed E-state index contributed by atoms with van der Waals surface area (Å²) in [5.74, 6) is 0.697. The lowest BCUT2D eigenvalue weighted by molar-refractivity contribution is 0.0853. The number of ether oxygens (including phenoxy) is 1. The summed E-state index contributed by atoms with van der Waals surface area (Å²) in [6.07, 6.45) is 6.08. The molecule has 1 unspecified atom stereocenters. The fourth-order valence-corrected chi connectivity index (χ4v) is 2.69. The standard InChI is InChI=1S/C14H20N4O2/c19-14(15-9-11-4-3-7-20-11)12-8-13(17-10-16-12)18-5-1-2-6-18/h8,10-11H,1-7,9H2,(H,15,19). The highest BCUT2D eigenvalue weighted by atomic mass is 16.5. The molecule has 1 aromatic rings. The molecule has 3 rings (SSSR count). The van der Waals surface area contributed by atoms with Crippen molar-refractivity contribution < 1.29 is 9.53 Å². The van der Waals surface area contributed by atoms with Crippen molar-refractivity contribution in [2.75, 3.05) is 31.1 Å². The lowest BCUT2D eigenvalue weighted by atomic mass is 10.2. The Hall–Kier alpha value is -1.69.